The number of rotatable bonds is 1. The van der Waals surface area contributed by atoms with Crippen molar-refractivity contribution in [3.63, 3.8) is 0 Å². The Labute approximate surface area is 106 Å². The fourth-order valence-corrected chi connectivity index (χ4v) is 2.26. The average molecular weight is 241 g/mol. The van der Waals surface area contributed by atoms with Gasteiger partial charge in [-0.25, -0.2) is 0 Å². The van der Waals surface area contributed by atoms with Crippen molar-refractivity contribution >= 4 is 22.7 Å². The lowest BCUT2D eigenvalue weighted by atomic mass is 10.1. The zero-order chi connectivity index (χ0) is 12.7. The monoisotopic (exact) mass is 241 g/mol. The summed E-state index contributed by atoms with van der Waals surface area (Å²) in [4.78, 5) is 2.17. The predicted octanol–water partition coefficient (Wildman–Crippen LogP) is 3.11. The van der Waals surface area contributed by atoms with Gasteiger partial charge in [-0.3, -0.25) is 0 Å². The maximum atomic E-state index is 5.87. The zero-order valence-electron chi connectivity index (χ0n) is 10.2. The number of anilines is 4. The minimum atomic E-state index is 0.698. The normalized spacial score (nSPS) is 12.6. The van der Waals surface area contributed by atoms with Gasteiger partial charge in [0.25, 0.3) is 0 Å². The summed E-state index contributed by atoms with van der Waals surface area (Å²) in [7, 11) is 0. The minimum Gasteiger partial charge on any atom is -0.453 e. The molecule has 0 radical (unpaired) electrons. The second-order valence-electron chi connectivity index (χ2n) is 4.30. The van der Waals surface area contributed by atoms with Crippen LogP contribution in [0.3, 0.4) is 0 Å². The largest absolute Gasteiger partial charge is 0.453 e. The Balaban J connectivity index is 2.18. The van der Waals surface area contributed by atoms with Crippen LogP contribution in [0.25, 0.3) is 0 Å². The molecule has 0 atom stereocenters. The van der Waals surface area contributed by atoms with E-state index < -0.39 is 0 Å². The lowest BCUT2D eigenvalue weighted by molar-refractivity contribution is 0.474. The highest BCUT2D eigenvalue weighted by Gasteiger charge is 2.23. The van der Waals surface area contributed by atoms with Gasteiger partial charge in [-0.2, -0.15) is 0 Å². The summed E-state index contributed by atoms with van der Waals surface area (Å²) in [6, 6.07) is 11.3. The van der Waals surface area contributed by atoms with E-state index in [-0.39, 0.29) is 0 Å². The van der Waals surface area contributed by atoms with Crippen molar-refractivity contribution in [3.8, 4) is 11.5 Å². The number of hydrogen-bond acceptors (Lipinski definition) is 4. The summed E-state index contributed by atoms with van der Waals surface area (Å²) >= 11 is 0. The molecule has 0 aromatic heterocycles. The van der Waals surface area contributed by atoms with Crippen molar-refractivity contribution < 1.29 is 4.74 Å². The molecule has 0 amide bonds. The van der Waals surface area contributed by atoms with Crippen LogP contribution in [0.5, 0.6) is 11.5 Å². The molecule has 1 aliphatic rings. The summed E-state index contributed by atoms with van der Waals surface area (Å²) in [5.41, 5.74) is 15.1. The average Bonchev–Trinajstić information content (AvgIpc) is 2.36. The first-order chi connectivity index (χ1) is 8.69. The Kier molecular flexibility index (Phi) is 2.30. The number of nitrogen functional groups attached to an aromatic ring is 2. The van der Waals surface area contributed by atoms with Crippen LogP contribution in [0.4, 0.5) is 22.7 Å². The van der Waals surface area contributed by atoms with Gasteiger partial charge in [0.05, 0.1) is 11.4 Å². The van der Waals surface area contributed by atoms with Crippen molar-refractivity contribution in [2.24, 2.45) is 0 Å². The molecule has 2 aromatic carbocycles. The molecular formula is C14H15N3O. The Morgan fingerprint density at radius 3 is 2.44 bits per heavy atom. The van der Waals surface area contributed by atoms with Crippen LogP contribution >= 0.6 is 0 Å². The highest BCUT2D eigenvalue weighted by molar-refractivity contribution is 5.81. The number of benzene rings is 2. The number of nitrogens with two attached hydrogens (primary N) is 2. The molecule has 4 heteroatoms. The molecule has 0 saturated carbocycles. The van der Waals surface area contributed by atoms with Gasteiger partial charge in [0, 0.05) is 24.0 Å². The number of hydrogen-bond donors (Lipinski definition) is 2. The summed E-state index contributed by atoms with van der Waals surface area (Å²) < 4.78 is 5.87. The van der Waals surface area contributed by atoms with Gasteiger partial charge in [0.2, 0.25) is 0 Å². The van der Waals surface area contributed by atoms with Crippen molar-refractivity contribution in [3.05, 3.63) is 36.4 Å². The van der Waals surface area contributed by atoms with Gasteiger partial charge in [-0.1, -0.05) is 0 Å². The molecule has 0 bridgehead atoms. The molecule has 4 nitrogen and oxygen atoms in total. The number of ether oxygens (including phenoxy) is 1. The fraction of sp³-hybridized carbons (Fsp3) is 0.143. The second kappa shape index (κ2) is 3.84. The van der Waals surface area contributed by atoms with Crippen molar-refractivity contribution in [2.75, 3.05) is 22.9 Å². The molecular weight excluding hydrogens is 226 g/mol. The Morgan fingerprint density at radius 1 is 0.944 bits per heavy atom. The third-order valence-electron chi connectivity index (χ3n) is 3.08. The fourth-order valence-electron chi connectivity index (χ4n) is 2.26. The van der Waals surface area contributed by atoms with Crippen molar-refractivity contribution in [1.29, 1.82) is 0 Å². The Bertz CT molecular complexity index is 610. The van der Waals surface area contributed by atoms with E-state index in [4.69, 9.17) is 16.2 Å². The number of nitrogens with zero attached hydrogens (tertiary/aromatic N) is 1. The highest BCUT2D eigenvalue weighted by atomic mass is 16.5. The Hall–Kier alpha value is -2.36. The van der Waals surface area contributed by atoms with Crippen LogP contribution in [0.15, 0.2) is 36.4 Å². The molecule has 18 heavy (non-hydrogen) atoms. The second-order valence-corrected chi connectivity index (χ2v) is 4.30. The van der Waals surface area contributed by atoms with Crippen molar-refractivity contribution in [1.82, 2.24) is 0 Å². The summed E-state index contributed by atoms with van der Waals surface area (Å²) in [6.45, 7) is 2.94. The lowest BCUT2D eigenvalue weighted by Crippen LogP contribution is -2.20. The third kappa shape index (κ3) is 1.54. The quantitative estimate of drug-likeness (QED) is 0.753. The van der Waals surface area contributed by atoms with Gasteiger partial charge < -0.3 is 21.1 Å². The summed E-state index contributed by atoms with van der Waals surface area (Å²) in [6.07, 6.45) is 0. The van der Waals surface area contributed by atoms with Gasteiger partial charge in [-0.05, 0) is 37.3 Å². The third-order valence-corrected chi connectivity index (χ3v) is 3.08. The van der Waals surface area contributed by atoms with Crippen LogP contribution in [-0.2, 0) is 0 Å². The van der Waals surface area contributed by atoms with Crippen LogP contribution in [0.1, 0.15) is 6.92 Å². The first-order valence-electron chi connectivity index (χ1n) is 5.93. The molecule has 0 aliphatic carbocycles. The molecule has 1 aliphatic heterocycles. The molecule has 0 fully saturated rings. The van der Waals surface area contributed by atoms with E-state index in [1.54, 1.807) is 0 Å². The maximum absolute atomic E-state index is 5.87. The summed E-state index contributed by atoms with van der Waals surface area (Å²) in [5, 5.41) is 0. The van der Waals surface area contributed by atoms with Crippen molar-refractivity contribution in [2.45, 2.75) is 6.92 Å². The maximum Gasteiger partial charge on any atom is 0.153 e. The molecule has 1 heterocycles. The topological polar surface area (TPSA) is 64.5 Å². The van der Waals surface area contributed by atoms with E-state index in [1.165, 1.54) is 0 Å². The molecule has 2 aromatic rings. The molecule has 3 rings (SSSR count). The standard InChI is InChI=1S/C14H15N3O/c1-2-17-11-5-3-10(16)8-14(11)18-13-6-4-9(15)7-12(13)17/h3-8H,2,15-16H2,1H3. The molecule has 0 spiro atoms. The van der Waals surface area contributed by atoms with Gasteiger partial charge in [0.1, 0.15) is 0 Å². The smallest absolute Gasteiger partial charge is 0.153 e. The first kappa shape index (κ1) is 10.8. The molecule has 4 N–H and O–H groups in total. The molecule has 0 saturated heterocycles. The van der Waals surface area contributed by atoms with Gasteiger partial charge in [-0.15, -0.1) is 0 Å². The van der Waals surface area contributed by atoms with E-state index in [0.717, 1.165) is 35.1 Å². The van der Waals surface area contributed by atoms with Gasteiger partial charge in [0.15, 0.2) is 11.5 Å². The number of fused-ring (bicyclic) bond motifs is 2. The van der Waals surface area contributed by atoms with Crippen LogP contribution < -0.4 is 21.1 Å². The first-order valence-corrected chi connectivity index (χ1v) is 5.93. The predicted molar refractivity (Wildman–Crippen MR) is 74.5 cm³/mol. The molecule has 92 valence electrons. The van der Waals surface area contributed by atoms with Crippen LogP contribution in [-0.4, -0.2) is 6.54 Å². The van der Waals surface area contributed by atoms with Gasteiger partial charge >= 0.3 is 0 Å². The van der Waals surface area contributed by atoms with Crippen LogP contribution in [0.2, 0.25) is 0 Å². The SMILES string of the molecule is CCN1c2ccc(N)cc2Oc2ccc(N)cc21. The van der Waals surface area contributed by atoms with Crippen LogP contribution in [0, 0.1) is 0 Å². The van der Waals surface area contributed by atoms with E-state index >= 15 is 0 Å². The summed E-state index contributed by atoms with van der Waals surface area (Å²) in [5.74, 6) is 1.60. The lowest BCUT2D eigenvalue weighted by Gasteiger charge is -2.32. The van der Waals surface area contributed by atoms with E-state index in [2.05, 4.69) is 11.8 Å². The Morgan fingerprint density at radius 2 is 1.67 bits per heavy atom. The highest BCUT2D eigenvalue weighted by Crippen LogP contribution is 2.47. The minimum absolute atomic E-state index is 0.698. The van der Waals surface area contributed by atoms with E-state index in [9.17, 15) is 0 Å². The van der Waals surface area contributed by atoms with E-state index in [0.29, 0.717) is 5.69 Å². The van der Waals surface area contributed by atoms with E-state index in [1.807, 2.05) is 36.4 Å². The zero-order valence-corrected chi connectivity index (χ0v) is 10.2. The molecule has 0 unspecified atom stereocenters.